The number of fused-ring (bicyclic) bond motifs is 2. The van der Waals surface area contributed by atoms with Crippen molar-refractivity contribution in [3.05, 3.63) is 80.7 Å². The molecule has 0 saturated heterocycles. The van der Waals surface area contributed by atoms with Crippen LogP contribution >= 0.6 is 11.6 Å². The van der Waals surface area contributed by atoms with Crippen molar-refractivity contribution in [1.29, 1.82) is 0 Å². The Morgan fingerprint density at radius 3 is 2.64 bits per heavy atom. The number of amides is 1. The number of nitrogens with zero attached hydrogens (tertiary/aromatic N) is 1. The normalized spacial score (nSPS) is 15.1. The van der Waals surface area contributed by atoms with Crippen molar-refractivity contribution in [1.82, 2.24) is 4.90 Å². The minimum Gasteiger partial charge on any atom is -0.490 e. The summed E-state index contributed by atoms with van der Waals surface area (Å²) in [5.41, 5.74) is 1.94. The lowest BCUT2D eigenvalue weighted by Gasteiger charge is -2.25. The average Bonchev–Trinajstić information content (AvgIpc) is 3.07. The van der Waals surface area contributed by atoms with Gasteiger partial charge in [-0.1, -0.05) is 37.2 Å². The molecule has 0 saturated carbocycles. The quantitative estimate of drug-likeness (QED) is 0.399. The van der Waals surface area contributed by atoms with E-state index in [1.807, 2.05) is 32.9 Å². The summed E-state index contributed by atoms with van der Waals surface area (Å²) in [6.07, 6.45) is 2.38. The standard InChI is InChI=1S/C26H26ClNO5/c1-5-10-28-23(16-8-9-19(32-11-6-2)21(13-16)31-7-3)22-24(29)17-14-18(27)15(4)12-20(17)33-25(22)26(28)30/h6,8-9,12-14,23H,2,5,7,10-11H2,1,3-4H3. The highest BCUT2D eigenvalue weighted by Gasteiger charge is 2.42. The van der Waals surface area contributed by atoms with Gasteiger partial charge in [0.25, 0.3) is 5.91 Å². The maximum absolute atomic E-state index is 13.6. The van der Waals surface area contributed by atoms with Gasteiger partial charge in [-0.05, 0) is 55.7 Å². The van der Waals surface area contributed by atoms with Crippen molar-refractivity contribution >= 4 is 28.5 Å². The van der Waals surface area contributed by atoms with E-state index in [1.54, 1.807) is 29.2 Å². The molecule has 7 heteroatoms. The zero-order valence-electron chi connectivity index (χ0n) is 18.9. The number of hydrogen-bond donors (Lipinski definition) is 0. The second kappa shape index (κ2) is 9.32. The van der Waals surface area contributed by atoms with Gasteiger partial charge in [-0.15, -0.1) is 0 Å². The smallest absolute Gasteiger partial charge is 0.290 e. The zero-order valence-corrected chi connectivity index (χ0v) is 19.7. The Labute approximate surface area is 197 Å². The largest absolute Gasteiger partial charge is 0.490 e. The molecule has 0 spiro atoms. The van der Waals surface area contributed by atoms with E-state index in [0.29, 0.717) is 52.8 Å². The molecule has 4 rings (SSSR count). The lowest BCUT2D eigenvalue weighted by atomic mass is 9.97. The maximum atomic E-state index is 13.6. The minimum absolute atomic E-state index is 0.0811. The number of ether oxygens (including phenoxy) is 2. The molecule has 0 bridgehead atoms. The fourth-order valence-electron chi connectivity index (χ4n) is 4.19. The van der Waals surface area contributed by atoms with Gasteiger partial charge in [-0.3, -0.25) is 9.59 Å². The fraction of sp³-hybridized carbons (Fsp3) is 0.308. The predicted molar refractivity (Wildman–Crippen MR) is 129 cm³/mol. The van der Waals surface area contributed by atoms with Crippen LogP contribution in [0.25, 0.3) is 11.0 Å². The summed E-state index contributed by atoms with van der Waals surface area (Å²) >= 11 is 6.29. The summed E-state index contributed by atoms with van der Waals surface area (Å²) < 4.78 is 17.5. The highest BCUT2D eigenvalue weighted by atomic mass is 35.5. The summed E-state index contributed by atoms with van der Waals surface area (Å²) in [5.74, 6) is 0.893. The molecule has 1 unspecified atom stereocenters. The molecular weight excluding hydrogens is 442 g/mol. The molecule has 172 valence electrons. The van der Waals surface area contributed by atoms with E-state index in [-0.39, 0.29) is 17.1 Å². The van der Waals surface area contributed by atoms with Crippen LogP contribution in [0.15, 0.2) is 52.2 Å². The third-order valence-electron chi connectivity index (χ3n) is 5.65. The first kappa shape index (κ1) is 22.9. The molecule has 0 N–H and O–H groups in total. The molecule has 6 nitrogen and oxygen atoms in total. The Morgan fingerprint density at radius 1 is 1.15 bits per heavy atom. The van der Waals surface area contributed by atoms with Crippen LogP contribution in [0.4, 0.5) is 0 Å². The number of carbonyl (C=O) groups is 1. The SMILES string of the molecule is C=CCOc1ccc(C2c3c(oc4cc(C)c(Cl)cc4c3=O)C(=O)N2CCC)cc1OCC. The molecule has 1 aromatic heterocycles. The lowest BCUT2D eigenvalue weighted by Crippen LogP contribution is -2.30. The van der Waals surface area contributed by atoms with Gasteiger partial charge in [0.1, 0.15) is 12.2 Å². The first-order chi connectivity index (χ1) is 15.9. The molecule has 1 amide bonds. The van der Waals surface area contributed by atoms with Crippen LogP contribution in [0.3, 0.4) is 0 Å². The number of hydrogen-bond acceptors (Lipinski definition) is 5. The molecule has 1 aliphatic heterocycles. The second-order valence-electron chi connectivity index (χ2n) is 7.91. The number of aryl methyl sites for hydroxylation is 1. The Bertz CT molecular complexity index is 1300. The summed E-state index contributed by atoms with van der Waals surface area (Å²) in [6.45, 7) is 10.6. The Hall–Kier alpha value is -3.25. The predicted octanol–water partition coefficient (Wildman–Crippen LogP) is 5.67. The molecule has 2 aromatic carbocycles. The van der Waals surface area contributed by atoms with Gasteiger partial charge in [0.15, 0.2) is 16.9 Å². The fourth-order valence-corrected chi connectivity index (χ4v) is 4.35. The topological polar surface area (TPSA) is 69.0 Å². The summed E-state index contributed by atoms with van der Waals surface area (Å²) in [6, 6.07) is 8.18. The highest BCUT2D eigenvalue weighted by molar-refractivity contribution is 6.32. The molecule has 0 aliphatic carbocycles. The second-order valence-corrected chi connectivity index (χ2v) is 8.32. The lowest BCUT2D eigenvalue weighted by molar-refractivity contribution is 0.0728. The van der Waals surface area contributed by atoms with Crippen molar-refractivity contribution in [3.63, 3.8) is 0 Å². The molecule has 1 atom stereocenters. The molecule has 33 heavy (non-hydrogen) atoms. The number of carbonyl (C=O) groups excluding carboxylic acids is 1. The van der Waals surface area contributed by atoms with Gasteiger partial charge in [-0.2, -0.15) is 0 Å². The van der Waals surface area contributed by atoms with Gasteiger partial charge < -0.3 is 18.8 Å². The number of benzene rings is 2. The van der Waals surface area contributed by atoms with Crippen molar-refractivity contribution in [2.45, 2.75) is 33.2 Å². The molecule has 0 fully saturated rings. The van der Waals surface area contributed by atoms with Crippen LogP contribution in [-0.2, 0) is 0 Å². The Kier molecular flexibility index (Phi) is 6.47. The molecule has 3 aromatic rings. The third-order valence-corrected chi connectivity index (χ3v) is 6.06. The van der Waals surface area contributed by atoms with Crippen molar-refractivity contribution < 1.29 is 18.7 Å². The van der Waals surface area contributed by atoms with Gasteiger partial charge in [-0.25, -0.2) is 0 Å². The van der Waals surface area contributed by atoms with E-state index in [2.05, 4.69) is 6.58 Å². The van der Waals surface area contributed by atoms with Crippen LogP contribution in [0.5, 0.6) is 11.5 Å². The first-order valence-corrected chi connectivity index (χ1v) is 11.4. The Morgan fingerprint density at radius 2 is 1.94 bits per heavy atom. The summed E-state index contributed by atoms with van der Waals surface area (Å²) in [4.78, 5) is 28.6. The van der Waals surface area contributed by atoms with E-state index in [1.165, 1.54) is 0 Å². The van der Waals surface area contributed by atoms with Crippen LogP contribution in [0, 0.1) is 6.92 Å². The molecular formula is C26H26ClNO5. The monoisotopic (exact) mass is 467 g/mol. The molecule has 1 aliphatic rings. The minimum atomic E-state index is -0.596. The van der Waals surface area contributed by atoms with Crippen molar-refractivity contribution in [3.8, 4) is 11.5 Å². The van der Waals surface area contributed by atoms with Crippen LogP contribution in [0.1, 0.15) is 53.6 Å². The number of rotatable bonds is 8. The molecule has 0 radical (unpaired) electrons. The van der Waals surface area contributed by atoms with Gasteiger partial charge in [0.2, 0.25) is 5.76 Å². The third kappa shape index (κ3) is 4.00. The molecule has 2 heterocycles. The zero-order chi connectivity index (χ0) is 23.7. The van der Waals surface area contributed by atoms with Crippen molar-refractivity contribution in [2.75, 3.05) is 19.8 Å². The van der Waals surface area contributed by atoms with Gasteiger partial charge >= 0.3 is 0 Å². The summed E-state index contributed by atoms with van der Waals surface area (Å²) in [5, 5.41) is 0.833. The van der Waals surface area contributed by atoms with E-state index in [0.717, 1.165) is 17.5 Å². The highest BCUT2D eigenvalue weighted by Crippen LogP contribution is 2.41. The number of halogens is 1. The van der Waals surface area contributed by atoms with Crippen LogP contribution < -0.4 is 14.9 Å². The van der Waals surface area contributed by atoms with Gasteiger partial charge in [0, 0.05) is 11.6 Å². The Balaban J connectivity index is 1.93. The van der Waals surface area contributed by atoms with E-state index >= 15 is 0 Å². The summed E-state index contributed by atoms with van der Waals surface area (Å²) in [7, 11) is 0. The maximum Gasteiger partial charge on any atom is 0.290 e. The van der Waals surface area contributed by atoms with Gasteiger partial charge in [0.05, 0.1) is 23.6 Å². The van der Waals surface area contributed by atoms with Crippen LogP contribution in [-0.4, -0.2) is 30.6 Å². The van der Waals surface area contributed by atoms with Crippen molar-refractivity contribution in [2.24, 2.45) is 0 Å². The van der Waals surface area contributed by atoms with E-state index < -0.39 is 6.04 Å². The van der Waals surface area contributed by atoms with E-state index in [9.17, 15) is 9.59 Å². The average molecular weight is 468 g/mol. The van der Waals surface area contributed by atoms with Crippen LogP contribution in [0.2, 0.25) is 5.02 Å². The van der Waals surface area contributed by atoms with E-state index in [4.69, 9.17) is 25.5 Å². The first-order valence-electron chi connectivity index (χ1n) is 11.0.